The lowest BCUT2D eigenvalue weighted by Gasteiger charge is -2.18. The summed E-state index contributed by atoms with van der Waals surface area (Å²) in [6, 6.07) is 0. The fourth-order valence-electron chi connectivity index (χ4n) is 2.87. The molecule has 0 N–H and O–H groups in total. The van der Waals surface area contributed by atoms with Gasteiger partial charge < -0.3 is 0 Å². The Hall–Kier alpha value is -0.0500. The molecule has 1 aliphatic heterocycles. The molecule has 0 spiro atoms. The molecule has 3 atom stereocenters. The van der Waals surface area contributed by atoms with Crippen molar-refractivity contribution in [3.05, 3.63) is 0 Å². The van der Waals surface area contributed by atoms with Crippen molar-refractivity contribution < 1.29 is 8.42 Å². The van der Waals surface area contributed by atoms with Crippen LogP contribution in [0.4, 0.5) is 0 Å². The number of rotatable bonds is 3. The molecule has 84 valence electrons. The first-order chi connectivity index (χ1) is 6.41. The lowest BCUT2D eigenvalue weighted by molar-refractivity contribution is 0.443. The van der Waals surface area contributed by atoms with Gasteiger partial charge in [-0.1, -0.05) is 34.1 Å². The number of hydrogen-bond donors (Lipinski definition) is 0. The zero-order chi connectivity index (χ0) is 10.9. The van der Waals surface area contributed by atoms with Crippen LogP contribution in [0.3, 0.4) is 0 Å². The topological polar surface area (TPSA) is 34.1 Å². The highest BCUT2D eigenvalue weighted by Crippen LogP contribution is 2.38. The van der Waals surface area contributed by atoms with E-state index in [-0.39, 0.29) is 16.4 Å². The molecule has 2 nitrogen and oxygen atoms in total. The van der Waals surface area contributed by atoms with E-state index in [0.717, 1.165) is 19.3 Å². The van der Waals surface area contributed by atoms with Crippen LogP contribution in [0.15, 0.2) is 0 Å². The maximum atomic E-state index is 12.1. The molecule has 3 unspecified atom stereocenters. The summed E-state index contributed by atoms with van der Waals surface area (Å²) in [6.07, 6.45) is 2.69. The Bertz CT molecular complexity index is 280. The number of hydrogen-bond acceptors (Lipinski definition) is 2. The molecule has 3 heteroatoms. The maximum Gasteiger partial charge on any atom is 0.156 e. The van der Waals surface area contributed by atoms with Crippen molar-refractivity contribution in [3.63, 3.8) is 0 Å². The lowest BCUT2D eigenvalue weighted by atomic mass is 9.94. The van der Waals surface area contributed by atoms with Crippen LogP contribution in [0.2, 0.25) is 0 Å². The van der Waals surface area contributed by atoms with E-state index in [1.807, 2.05) is 13.8 Å². The second-order valence-corrected chi connectivity index (χ2v) is 7.31. The van der Waals surface area contributed by atoms with E-state index in [2.05, 4.69) is 13.8 Å². The smallest absolute Gasteiger partial charge is 0.156 e. The minimum Gasteiger partial charge on any atom is -0.228 e. The summed E-state index contributed by atoms with van der Waals surface area (Å²) in [7, 11) is -2.84. The van der Waals surface area contributed by atoms with Gasteiger partial charge in [-0.05, 0) is 24.7 Å². The van der Waals surface area contributed by atoms with Crippen molar-refractivity contribution in [3.8, 4) is 0 Å². The van der Waals surface area contributed by atoms with E-state index in [1.54, 1.807) is 0 Å². The molecule has 14 heavy (non-hydrogen) atoms. The third-order valence-electron chi connectivity index (χ3n) is 3.31. The SMILES string of the molecule is CCCC1CC(C)C(C(C)C)S1(=O)=O. The highest BCUT2D eigenvalue weighted by atomic mass is 32.2. The maximum absolute atomic E-state index is 12.1. The molecular formula is C11H22O2S. The summed E-state index contributed by atoms with van der Waals surface area (Å²) in [4.78, 5) is 0. The van der Waals surface area contributed by atoms with E-state index in [0.29, 0.717) is 5.92 Å². The van der Waals surface area contributed by atoms with Crippen molar-refractivity contribution in [1.82, 2.24) is 0 Å². The van der Waals surface area contributed by atoms with Crippen LogP contribution in [0.1, 0.15) is 47.0 Å². The van der Waals surface area contributed by atoms with E-state index in [1.165, 1.54) is 0 Å². The van der Waals surface area contributed by atoms with Gasteiger partial charge in [0.05, 0.1) is 10.5 Å². The average Bonchev–Trinajstić information content (AvgIpc) is 2.22. The van der Waals surface area contributed by atoms with Gasteiger partial charge in [0.2, 0.25) is 0 Å². The van der Waals surface area contributed by atoms with Crippen LogP contribution in [0.5, 0.6) is 0 Å². The van der Waals surface area contributed by atoms with Crippen LogP contribution in [-0.2, 0) is 9.84 Å². The van der Waals surface area contributed by atoms with E-state index >= 15 is 0 Å². The predicted octanol–water partition coefficient (Wildman–Crippen LogP) is 2.63. The van der Waals surface area contributed by atoms with Gasteiger partial charge in [0.25, 0.3) is 0 Å². The van der Waals surface area contributed by atoms with Crippen LogP contribution in [0, 0.1) is 11.8 Å². The average molecular weight is 218 g/mol. The molecule has 0 bridgehead atoms. The molecule has 1 aliphatic rings. The second-order valence-electron chi connectivity index (χ2n) is 4.92. The van der Waals surface area contributed by atoms with Gasteiger partial charge in [-0.3, -0.25) is 0 Å². The Kier molecular flexibility index (Phi) is 3.62. The summed E-state index contributed by atoms with van der Waals surface area (Å²) in [5.41, 5.74) is 0. The van der Waals surface area contributed by atoms with Gasteiger partial charge in [0.1, 0.15) is 0 Å². The van der Waals surface area contributed by atoms with Gasteiger partial charge >= 0.3 is 0 Å². The molecule has 0 aromatic carbocycles. The normalized spacial score (nSPS) is 36.5. The quantitative estimate of drug-likeness (QED) is 0.729. The minimum absolute atomic E-state index is 0.0603. The van der Waals surface area contributed by atoms with Crippen LogP contribution >= 0.6 is 0 Å². The first-order valence-corrected chi connectivity index (χ1v) is 7.24. The van der Waals surface area contributed by atoms with Crippen molar-refractivity contribution in [1.29, 1.82) is 0 Å². The molecule has 1 fully saturated rings. The monoisotopic (exact) mass is 218 g/mol. The highest BCUT2D eigenvalue weighted by Gasteiger charge is 2.46. The molecule has 1 heterocycles. The Morgan fingerprint density at radius 1 is 1.36 bits per heavy atom. The highest BCUT2D eigenvalue weighted by molar-refractivity contribution is 7.92. The fourth-order valence-corrected chi connectivity index (χ4v) is 5.97. The van der Waals surface area contributed by atoms with Crippen LogP contribution in [-0.4, -0.2) is 18.9 Å². The third kappa shape index (κ3) is 1.97. The third-order valence-corrected chi connectivity index (χ3v) is 6.43. The van der Waals surface area contributed by atoms with Gasteiger partial charge in [0.15, 0.2) is 9.84 Å². The zero-order valence-corrected chi connectivity index (χ0v) is 10.5. The molecule has 1 rings (SSSR count). The largest absolute Gasteiger partial charge is 0.228 e. The summed E-state index contributed by atoms with van der Waals surface area (Å²) >= 11 is 0. The van der Waals surface area contributed by atoms with Crippen molar-refractivity contribution in [2.75, 3.05) is 0 Å². The van der Waals surface area contributed by atoms with Crippen molar-refractivity contribution in [2.24, 2.45) is 11.8 Å². The van der Waals surface area contributed by atoms with Crippen molar-refractivity contribution >= 4 is 9.84 Å². The molecule has 0 aromatic rings. The summed E-state index contributed by atoms with van der Waals surface area (Å²) < 4.78 is 24.3. The van der Waals surface area contributed by atoms with Crippen LogP contribution < -0.4 is 0 Å². The second kappa shape index (κ2) is 4.21. The van der Waals surface area contributed by atoms with Crippen LogP contribution in [0.25, 0.3) is 0 Å². The van der Waals surface area contributed by atoms with E-state index in [4.69, 9.17) is 0 Å². The van der Waals surface area contributed by atoms with Crippen molar-refractivity contribution in [2.45, 2.75) is 57.5 Å². The van der Waals surface area contributed by atoms with Gasteiger partial charge in [-0.25, -0.2) is 8.42 Å². The summed E-state index contributed by atoms with van der Waals surface area (Å²) in [6.45, 7) is 8.18. The number of sulfone groups is 1. The minimum atomic E-state index is -2.84. The Balaban J connectivity index is 2.91. The molecule has 0 saturated carbocycles. The fraction of sp³-hybridized carbons (Fsp3) is 1.00. The molecular weight excluding hydrogens is 196 g/mol. The summed E-state index contributed by atoms with van der Waals surface area (Å²) in [5, 5.41) is -0.158. The zero-order valence-electron chi connectivity index (χ0n) is 9.66. The van der Waals surface area contributed by atoms with Gasteiger partial charge in [-0.2, -0.15) is 0 Å². The first-order valence-electron chi connectivity index (χ1n) is 5.64. The summed E-state index contributed by atoms with van der Waals surface area (Å²) in [5.74, 6) is 0.605. The molecule has 0 aliphatic carbocycles. The molecule has 1 saturated heterocycles. The Labute approximate surface area is 88.0 Å². The van der Waals surface area contributed by atoms with E-state index < -0.39 is 9.84 Å². The predicted molar refractivity (Wildman–Crippen MR) is 60.0 cm³/mol. The van der Waals surface area contributed by atoms with E-state index in [9.17, 15) is 8.42 Å². The Morgan fingerprint density at radius 3 is 2.29 bits per heavy atom. The molecule has 0 radical (unpaired) electrons. The molecule has 0 aromatic heterocycles. The lowest BCUT2D eigenvalue weighted by Crippen LogP contribution is -2.29. The Morgan fingerprint density at radius 2 is 1.93 bits per heavy atom. The first kappa shape index (κ1) is 12.0. The van der Waals surface area contributed by atoms with Gasteiger partial charge in [-0.15, -0.1) is 0 Å². The molecule has 0 amide bonds. The van der Waals surface area contributed by atoms with Gasteiger partial charge in [0, 0.05) is 0 Å². The standard InChI is InChI=1S/C11H22O2S/c1-5-6-10-7-9(4)11(8(2)3)14(10,12)13/h8-11H,5-7H2,1-4H3.